The molecule has 0 atom stereocenters. The van der Waals surface area contributed by atoms with Crippen molar-refractivity contribution in [2.24, 2.45) is 0 Å². The van der Waals surface area contributed by atoms with E-state index >= 15 is 0 Å². The Labute approximate surface area is 131 Å². The molecule has 3 aromatic rings. The second-order valence-electron chi connectivity index (χ2n) is 4.80. The van der Waals surface area contributed by atoms with Crippen LogP contribution in [0.2, 0.25) is 5.02 Å². The Kier molecular flexibility index (Phi) is 4.18. The minimum Gasteiger partial charge on any atom is -0.390 e. The summed E-state index contributed by atoms with van der Waals surface area (Å²) in [7, 11) is 0. The van der Waals surface area contributed by atoms with Gasteiger partial charge in [-0.15, -0.1) is 5.10 Å². The van der Waals surface area contributed by atoms with Crippen molar-refractivity contribution in [1.29, 1.82) is 0 Å². The molecule has 0 aliphatic heterocycles. The van der Waals surface area contributed by atoms with Gasteiger partial charge in [0.1, 0.15) is 11.5 Å². The molecule has 0 spiro atoms. The zero-order valence-electron chi connectivity index (χ0n) is 11.6. The molecular weight excluding hydrogens is 305 g/mol. The van der Waals surface area contributed by atoms with E-state index in [1.807, 2.05) is 6.07 Å². The number of hydrogen-bond acceptors (Lipinski definition) is 3. The van der Waals surface area contributed by atoms with Crippen LogP contribution in [0.5, 0.6) is 0 Å². The first-order valence-corrected chi connectivity index (χ1v) is 7.09. The fourth-order valence-corrected chi connectivity index (χ4v) is 2.50. The van der Waals surface area contributed by atoms with Crippen LogP contribution in [0.25, 0.3) is 11.3 Å². The number of benzene rings is 2. The number of halogens is 2. The van der Waals surface area contributed by atoms with Gasteiger partial charge < -0.3 is 5.11 Å². The highest BCUT2D eigenvalue weighted by Crippen LogP contribution is 2.26. The molecule has 0 radical (unpaired) electrons. The lowest BCUT2D eigenvalue weighted by atomic mass is 10.1. The topological polar surface area (TPSA) is 50.9 Å². The molecule has 0 bridgehead atoms. The largest absolute Gasteiger partial charge is 0.390 e. The van der Waals surface area contributed by atoms with Gasteiger partial charge in [0.15, 0.2) is 0 Å². The maximum Gasteiger partial charge on any atom is 0.128 e. The lowest BCUT2D eigenvalue weighted by Gasteiger charge is -2.09. The van der Waals surface area contributed by atoms with Crippen LogP contribution in [0.4, 0.5) is 4.39 Å². The molecule has 3 rings (SSSR count). The first-order valence-electron chi connectivity index (χ1n) is 6.71. The molecule has 22 heavy (non-hydrogen) atoms. The molecule has 1 N–H and O–H groups in total. The van der Waals surface area contributed by atoms with Crippen molar-refractivity contribution >= 4 is 11.6 Å². The van der Waals surface area contributed by atoms with E-state index in [1.54, 1.807) is 41.1 Å². The molecule has 0 saturated carbocycles. The van der Waals surface area contributed by atoms with Gasteiger partial charge in [-0.1, -0.05) is 47.1 Å². The van der Waals surface area contributed by atoms with Gasteiger partial charge in [-0.25, -0.2) is 9.07 Å². The highest BCUT2D eigenvalue weighted by Gasteiger charge is 2.16. The average Bonchev–Trinajstić information content (AvgIpc) is 2.92. The molecule has 0 amide bonds. The van der Waals surface area contributed by atoms with Crippen LogP contribution in [-0.4, -0.2) is 20.1 Å². The van der Waals surface area contributed by atoms with Crippen molar-refractivity contribution in [2.75, 3.05) is 0 Å². The smallest absolute Gasteiger partial charge is 0.128 e. The molecule has 1 heterocycles. The van der Waals surface area contributed by atoms with Crippen LogP contribution in [0.15, 0.2) is 48.5 Å². The van der Waals surface area contributed by atoms with Gasteiger partial charge >= 0.3 is 0 Å². The van der Waals surface area contributed by atoms with Crippen molar-refractivity contribution in [3.05, 3.63) is 70.6 Å². The summed E-state index contributed by atoms with van der Waals surface area (Å²) in [6, 6.07) is 13.7. The third-order valence-corrected chi connectivity index (χ3v) is 3.57. The lowest BCUT2D eigenvalue weighted by Crippen LogP contribution is -2.06. The second kappa shape index (κ2) is 6.25. The summed E-state index contributed by atoms with van der Waals surface area (Å²) < 4.78 is 15.4. The van der Waals surface area contributed by atoms with Crippen LogP contribution >= 0.6 is 11.6 Å². The number of hydrogen-bond donors (Lipinski definition) is 1. The number of aliphatic hydroxyl groups is 1. The quantitative estimate of drug-likeness (QED) is 0.803. The van der Waals surface area contributed by atoms with Crippen LogP contribution in [0, 0.1) is 5.82 Å². The van der Waals surface area contributed by atoms with E-state index in [2.05, 4.69) is 10.3 Å². The molecule has 2 aromatic carbocycles. The SMILES string of the molecule is OCc1nnn(Cc2ccccc2F)c1-c1cccc(Cl)c1. The summed E-state index contributed by atoms with van der Waals surface area (Å²) in [4.78, 5) is 0. The third-order valence-electron chi connectivity index (χ3n) is 3.33. The van der Waals surface area contributed by atoms with Gasteiger partial charge in [0, 0.05) is 16.1 Å². The fraction of sp³-hybridized carbons (Fsp3) is 0.125. The second-order valence-corrected chi connectivity index (χ2v) is 5.24. The zero-order chi connectivity index (χ0) is 15.5. The summed E-state index contributed by atoms with van der Waals surface area (Å²) >= 11 is 6.02. The van der Waals surface area contributed by atoms with Crippen molar-refractivity contribution in [2.45, 2.75) is 13.2 Å². The monoisotopic (exact) mass is 317 g/mol. The fourth-order valence-electron chi connectivity index (χ4n) is 2.31. The maximum absolute atomic E-state index is 13.8. The van der Waals surface area contributed by atoms with Gasteiger partial charge in [0.2, 0.25) is 0 Å². The van der Waals surface area contributed by atoms with Crippen LogP contribution < -0.4 is 0 Å². The Hall–Kier alpha value is -2.24. The van der Waals surface area contributed by atoms with E-state index in [1.165, 1.54) is 6.07 Å². The predicted molar refractivity (Wildman–Crippen MR) is 81.9 cm³/mol. The molecule has 0 saturated heterocycles. The molecule has 6 heteroatoms. The molecule has 4 nitrogen and oxygen atoms in total. The summed E-state index contributed by atoms with van der Waals surface area (Å²) in [6.07, 6.45) is 0. The summed E-state index contributed by atoms with van der Waals surface area (Å²) in [5.41, 5.74) is 2.34. The van der Waals surface area contributed by atoms with Gasteiger partial charge in [0.05, 0.1) is 18.8 Å². The number of aromatic nitrogens is 3. The molecule has 0 fully saturated rings. The van der Waals surface area contributed by atoms with E-state index in [4.69, 9.17) is 11.6 Å². The average molecular weight is 318 g/mol. The zero-order valence-corrected chi connectivity index (χ0v) is 12.3. The highest BCUT2D eigenvalue weighted by atomic mass is 35.5. The van der Waals surface area contributed by atoms with Crippen LogP contribution in [0.3, 0.4) is 0 Å². The van der Waals surface area contributed by atoms with Gasteiger partial charge in [0.25, 0.3) is 0 Å². The molecule has 112 valence electrons. The molecular formula is C16H13ClFN3O. The maximum atomic E-state index is 13.8. The Balaban J connectivity index is 2.06. The van der Waals surface area contributed by atoms with Crippen molar-refractivity contribution in [1.82, 2.24) is 15.0 Å². The first kappa shape index (κ1) is 14.7. The van der Waals surface area contributed by atoms with E-state index in [-0.39, 0.29) is 19.0 Å². The van der Waals surface area contributed by atoms with Gasteiger partial charge in [-0.2, -0.15) is 0 Å². The standard InChI is InChI=1S/C16H13ClFN3O/c17-13-6-3-5-11(8-13)16-15(10-22)19-20-21(16)9-12-4-1-2-7-14(12)18/h1-8,22H,9-10H2. The normalized spacial score (nSPS) is 10.9. The van der Waals surface area contributed by atoms with Gasteiger partial charge in [-0.3, -0.25) is 0 Å². The number of nitrogens with zero attached hydrogens (tertiary/aromatic N) is 3. The minimum atomic E-state index is -0.305. The Morgan fingerprint density at radius 3 is 2.68 bits per heavy atom. The van der Waals surface area contributed by atoms with E-state index in [9.17, 15) is 9.50 Å². The minimum absolute atomic E-state index is 0.224. The lowest BCUT2D eigenvalue weighted by molar-refractivity contribution is 0.277. The van der Waals surface area contributed by atoms with E-state index in [0.29, 0.717) is 22.0 Å². The molecule has 0 aliphatic carbocycles. The van der Waals surface area contributed by atoms with E-state index < -0.39 is 0 Å². The number of aliphatic hydroxyl groups excluding tert-OH is 1. The highest BCUT2D eigenvalue weighted by molar-refractivity contribution is 6.30. The predicted octanol–water partition coefficient (Wildman–Crippen LogP) is 3.28. The van der Waals surface area contributed by atoms with Crippen molar-refractivity contribution < 1.29 is 9.50 Å². The Morgan fingerprint density at radius 2 is 1.95 bits per heavy atom. The van der Waals surface area contributed by atoms with Crippen molar-refractivity contribution in [3.8, 4) is 11.3 Å². The number of rotatable bonds is 4. The Morgan fingerprint density at radius 1 is 1.14 bits per heavy atom. The first-order chi connectivity index (χ1) is 10.7. The van der Waals surface area contributed by atoms with E-state index in [0.717, 1.165) is 5.56 Å². The summed E-state index contributed by atoms with van der Waals surface area (Å²) in [5.74, 6) is -0.305. The summed E-state index contributed by atoms with van der Waals surface area (Å²) in [6.45, 7) is -0.0271. The molecule has 1 aromatic heterocycles. The van der Waals surface area contributed by atoms with Crippen LogP contribution in [-0.2, 0) is 13.2 Å². The Bertz CT molecular complexity index is 804. The molecule has 0 aliphatic rings. The van der Waals surface area contributed by atoms with Crippen molar-refractivity contribution in [3.63, 3.8) is 0 Å². The third kappa shape index (κ3) is 2.86. The molecule has 0 unspecified atom stereocenters. The summed E-state index contributed by atoms with van der Waals surface area (Å²) in [5, 5.41) is 18.0. The van der Waals surface area contributed by atoms with Crippen LogP contribution in [0.1, 0.15) is 11.3 Å². The van der Waals surface area contributed by atoms with Gasteiger partial charge in [-0.05, 0) is 18.2 Å².